The molecule has 0 saturated heterocycles. The van der Waals surface area contributed by atoms with Crippen LogP contribution >= 0.6 is 11.3 Å². The van der Waals surface area contributed by atoms with E-state index in [1.807, 2.05) is 23.6 Å². The zero-order valence-electron chi connectivity index (χ0n) is 15.8. The van der Waals surface area contributed by atoms with Crippen molar-refractivity contribution in [3.05, 3.63) is 59.4 Å². The summed E-state index contributed by atoms with van der Waals surface area (Å²) in [6.45, 7) is 6.27. The highest BCUT2D eigenvalue weighted by Crippen LogP contribution is 2.27. The number of thiazole rings is 1. The summed E-state index contributed by atoms with van der Waals surface area (Å²) >= 11 is 1.42. The number of nitrogens with one attached hydrogen (secondary N) is 3. The first-order chi connectivity index (χ1) is 13.4. The number of rotatable bonds is 4. The van der Waals surface area contributed by atoms with Crippen LogP contribution in [-0.4, -0.2) is 26.1 Å². The molecule has 0 unspecified atom stereocenters. The minimum atomic E-state index is -0.256. The number of anilines is 3. The summed E-state index contributed by atoms with van der Waals surface area (Å²) in [7, 11) is 0. The van der Waals surface area contributed by atoms with E-state index >= 15 is 0 Å². The van der Waals surface area contributed by atoms with Gasteiger partial charge in [-0.2, -0.15) is 5.10 Å². The average molecular weight is 392 g/mol. The maximum Gasteiger partial charge on any atom is 0.261 e. The number of H-pyrrole nitrogens is 1. The van der Waals surface area contributed by atoms with E-state index in [1.165, 1.54) is 11.3 Å². The molecular weight excluding hydrogens is 372 g/mol. The zero-order valence-corrected chi connectivity index (χ0v) is 16.6. The molecule has 1 aromatic carbocycles. The Balaban J connectivity index is 1.56. The number of nitrogens with zero attached hydrogens (tertiary/aromatic N) is 3. The maximum absolute atomic E-state index is 12.8. The second-order valence-electron chi connectivity index (χ2n) is 7.44. The first kappa shape index (κ1) is 18.1. The molecule has 0 atom stereocenters. The summed E-state index contributed by atoms with van der Waals surface area (Å²) in [4.78, 5) is 21.7. The molecule has 0 aliphatic rings. The minimum Gasteiger partial charge on any atom is -0.340 e. The van der Waals surface area contributed by atoms with Gasteiger partial charge in [0.1, 0.15) is 5.82 Å². The first-order valence-electron chi connectivity index (χ1n) is 8.83. The molecular formula is C20H20N6OS. The lowest BCUT2D eigenvalue weighted by molar-refractivity contribution is 0.102. The molecule has 0 bridgehead atoms. The third-order valence-corrected chi connectivity index (χ3v) is 5.01. The number of benzene rings is 1. The van der Waals surface area contributed by atoms with Gasteiger partial charge in [0, 0.05) is 28.1 Å². The van der Waals surface area contributed by atoms with Gasteiger partial charge in [-0.3, -0.25) is 15.2 Å². The number of amides is 1. The molecule has 7 nitrogen and oxygen atoms in total. The third-order valence-electron chi connectivity index (χ3n) is 4.25. The fourth-order valence-electron chi connectivity index (χ4n) is 2.68. The van der Waals surface area contributed by atoms with Gasteiger partial charge in [0.2, 0.25) is 0 Å². The van der Waals surface area contributed by atoms with Crippen LogP contribution in [0.1, 0.15) is 36.8 Å². The molecule has 142 valence electrons. The molecule has 3 heterocycles. The van der Waals surface area contributed by atoms with Crippen LogP contribution in [0.2, 0.25) is 0 Å². The van der Waals surface area contributed by atoms with Crippen LogP contribution < -0.4 is 10.6 Å². The van der Waals surface area contributed by atoms with E-state index in [0.717, 1.165) is 22.3 Å². The van der Waals surface area contributed by atoms with Gasteiger partial charge in [-0.05, 0) is 30.3 Å². The molecule has 28 heavy (non-hydrogen) atoms. The van der Waals surface area contributed by atoms with Gasteiger partial charge in [-0.15, -0.1) is 11.3 Å². The van der Waals surface area contributed by atoms with Gasteiger partial charge in [-0.25, -0.2) is 9.97 Å². The smallest absolute Gasteiger partial charge is 0.261 e. The number of carbonyl (C=O) groups excluding carboxylic acids is 1. The maximum atomic E-state index is 12.8. The highest BCUT2D eigenvalue weighted by Gasteiger charge is 2.19. The lowest BCUT2D eigenvalue weighted by atomic mass is 9.93. The van der Waals surface area contributed by atoms with E-state index in [2.05, 4.69) is 51.6 Å². The van der Waals surface area contributed by atoms with Crippen molar-refractivity contribution in [1.82, 2.24) is 20.2 Å². The quantitative estimate of drug-likeness (QED) is 0.467. The van der Waals surface area contributed by atoms with E-state index in [4.69, 9.17) is 0 Å². The van der Waals surface area contributed by atoms with Crippen LogP contribution in [0, 0.1) is 0 Å². The topological polar surface area (TPSA) is 95.6 Å². The van der Waals surface area contributed by atoms with Gasteiger partial charge in [0.25, 0.3) is 5.91 Å². The van der Waals surface area contributed by atoms with Crippen LogP contribution in [-0.2, 0) is 5.41 Å². The molecule has 3 aromatic heterocycles. The van der Waals surface area contributed by atoms with E-state index in [9.17, 15) is 4.79 Å². The van der Waals surface area contributed by atoms with Crippen molar-refractivity contribution in [2.75, 3.05) is 10.6 Å². The fraction of sp³-hybridized carbons (Fsp3) is 0.200. The first-order valence-corrected chi connectivity index (χ1v) is 9.71. The summed E-state index contributed by atoms with van der Waals surface area (Å²) in [5.41, 5.74) is 3.05. The Bertz CT molecular complexity index is 1140. The summed E-state index contributed by atoms with van der Waals surface area (Å²) in [5, 5.41) is 16.6. The molecule has 8 heteroatoms. The third kappa shape index (κ3) is 3.72. The number of aromatic amines is 1. The van der Waals surface area contributed by atoms with Crippen molar-refractivity contribution in [3.8, 4) is 0 Å². The van der Waals surface area contributed by atoms with Crippen molar-refractivity contribution in [3.63, 3.8) is 0 Å². The number of carbonyl (C=O) groups is 1. The van der Waals surface area contributed by atoms with E-state index in [0.29, 0.717) is 16.5 Å². The Morgan fingerprint density at radius 3 is 2.86 bits per heavy atom. The van der Waals surface area contributed by atoms with Crippen LogP contribution in [0.25, 0.3) is 10.9 Å². The molecule has 4 rings (SSSR count). The summed E-state index contributed by atoms with van der Waals surface area (Å²) in [6, 6.07) is 9.27. The number of hydrogen-bond acceptors (Lipinski definition) is 6. The van der Waals surface area contributed by atoms with Crippen molar-refractivity contribution in [2.45, 2.75) is 26.2 Å². The number of pyridine rings is 1. The molecule has 3 N–H and O–H groups in total. The summed E-state index contributed by atoms with van der Waals surface area (Å²) < 4.78 is 0. The second kappa shape index (κ2) is 7.05. The standard InChI is InChI=1S/C20H20N6OS/c1-20(2,3)16-11-28-19(24-16)25-18(27)14-5-4-8-21-17(14)23-13-7-6-12-10-22-26-15(12)9-13/h4-11H,1-3H3,(H,21,23)(H,22,26)(H,24,25,27). The average Bonchev–Trinajstić information content (AvgIpc) is 3.30. The molecule has 0 aliphatic heterocycles. The highest BCUT2D eigenvalue weighted by atomic mass is 32.1. The van der Waals surface area contributed by atoms with Gasteiger partial charge in [-0.1, -0.05) is 20.8 Å². The molecule has 4 aromatic rings. The monoisotopic (exact) mass is 392 g/mol. The normalized spacial score (nSPS) is 11.5. The zero-order chi connectivity index (χ0) is 19.7. The molecule has 0 radical (unpaired) electrons. The second-order valence-corrected chi connectivity index (χ2v) is 8.30. The van der Waals surface area contributed by atoms with Gasteiger partial charge < -0.3 is 5.32 Å². The van der Waals surface area contributed by atoms with Crippen molar-refractivity contribution in [1.29, 1.82) is 0 Å². The molecule has 0 saturated carbocycles. The fourth-order valence-corrected chi connectivity index (χ4v) is 3.61. The Morgan fingerprint density at radius 1 is 1.21 bits per heavy atom. The van der Waals surface area contributed by atoms with Gasteiger partial charge >= 0.3 is 0 Å². The van der Waals surface area contributed by atoms with Crippen LogP contribution in [0.5, 0.6) is 0 Å². The van der Waals surface area contributed by atoms with Crippen LogP contribution in [0.3, 0.4) is 0 Å². The van der Waals surface area contributed by atoms with Gasteiger partial charge in [0.15, 0.2) is 5.13 Å². The predicted octanol–water partition coefficient (Wildman–Crippen LogP) is 4.71. The van der Waals surface area contributed by atoms with E-state index < -0.39 is 0 Å². The Hall–Kier alpha value is -3.26. The Morgan fingerprint density at radius 2 is 2.07 bits per heavy atom. The van der Waals surface area contributed by atoms with Gasteiger partial charge in [0.05, 0.1) is 23.0 Å². The Kier molecular flexibility index (Phi) is 4.56. The molecule has 0 spiro atoms. The van der Waals surface area contributed by atoms with Crippen molar-refractivity contribution in [2.24, 2.45) is 0 Å². The highest BCUT2D eigenvalue weighted by molar-refractivity contribution is 7.14. The lowest BCUT2D eigenvalue weighted by Gasteiger charge is -2.14. The molecule has 1 amide bonds. The molecule has 0 fully saturated rings. The van der Waals surface area contributed by atoms with Crippen LogP contribution in [0.15, 0.2) is 48.1 Å². The van der Waals surface area contributed by atoms with Crippen molar-refractivity contribution < 1.29 is 4.79 Å². The predicted molar refractivity (Wildman–Crippen MR) is 112 cm³/mol. The SMILES string of the molecule is CC(C)(C)c1csc(NC(=O)c2cccnc2Nc2ccc3cn[nH]c3c2)n1. The van der Waals surface area contributed by atoms with Crippen molar-refractivity contribution >= 4 is 44.8 Å². The number of fused-ring (bicyclic) bond motifs is 1. The molecule has 0 aliphatic carbocycles. The number of aromatic nitrogens is 4. The summed E-state index contributed by atoms with van der Waals surface area (Å²) in [5.74, 6) is 0.222. The number of hydrogen-bond donors (Lipinski definition) is 3. The Labute approximate surface area is 166 Å². The van der Waals surface area contributed by atoms with Crippen LogP contribution in [0.4, 0.5) is 16.6 Å². The summed E-state index contributed by atoms with van der Waals surface area (Å²) in [6.07, 6.45) is 3.41. The largest absolute Gasteiger partial charge is 0.340 e. The van der Waals surface area contributed by atoms with E-state index in [1.54, 1.807) is 24.5 Å². The minimum absolute atomic E-state index is 0.0637. The van der Waals surface area contributed by atoms with E-state index in [-0.39, 0.29) is 11.3 Å². The lowest BCUT2D eigenvalue weighted by Crippen LogP contribution is -2.16.